The number of anilines is 1. The fourth-order valence-electron chi connectivity index (χ4n) is 3.12. The van der Waals surface area contributed by atoms with Crippen molar-refractivity contribution in [2.75, 3.05) is 19.0 Å². The number of carbonyl (C=O) groups excluding carboxylic acids is 1. The van der Waals surface area contributed by atoms with Gasteiger partial charge in [0.2, 0.25) is 11.7 Å². The number of hydrogen-bond donors (Lipinski definition) is 1. The van der Waals surface area contributed by atoms with Gasteiger partial charge in [-0.05, 0) is 49.7 Å². The maximum Gasteiger partial charge on any atom is 0.278 e. The first kappa shape index (κ1) is 20.5. The topological polar surface area (TPSA) is 95.1 Å². The lowest BCUT2D eigenvalue weighted by atomic mass is 10.1. The molecule has 8 heteroatoms. The fraction of sp³-hybridized carbons (Fsp3) is 0.217. The standard InChI is InChI=1S/C23H23N5O3/c1-15-4-6-17(7-5-15)13-28-16(2)12-20(26-28)23-25-22(27-31-23)18-8-10-19(11-9-18)24-21(29)14-30-3/h4-12H,13-14H2,1-3H3,(H,24,29). The van der Waals surface area contributed by atoms with Crippen LogP contribution in [0.2, 0.25) is 0 Å². The van der Waals surface area contributed by atoms with Gasteiger partial charge in [0.15, 0.2) is 5.69 Å². The molecule has 0 saturated carbocycles. The SMILES string of the molecule is COCC(=O)Nc1ccc(-c2noc(-c3cc(C)n(Cc4ccc(C)cc4)n3)n2)cc1. The Morgan fingerprint density at radius 1 is 1.10 bits per heavy atom. The van der Waals surface area contributed by atoms with Gasteiger partial charge >= 0.3 is 0 Å². The zero-order valence-electron chi connectivity index (χ0n) is 17.6. The van der Waals surface area contributed by atoms with Gasteiger partial charge in [-0.3, -0.25) is 9.48 Å². The molecule has 2 aromatic carbocycles. The van der Waals surface area contributed by atoms with Crippen LogP contribution in [0, 0.1) is 13.8 Å². The van der Waals surface area contributed by atoms with Gasteiger partial charge in [0, 0.05) is 24.1 Å². The maximum atomic E-state index is 11.6. The number of ether oxygens (including phenoxy) is 1. The van der Waals surface area contributed by atoms with Gasteiger partial charge in [-0.1, -0.05) is 35.0 Å². The molecule has 4 aromatic rings. The molecular weight excluding hydrogens is 394 g/mol. The first-order chi connectivity index (χ1) is 15.0. The molecule has 0 aliphatic carbocycles. The van der Waals surface area contributed by atoms with Crippen LogP contribution < -0.4 is 5.32 Å². The normalized spacial score (nSPS) is 10.9. The number of aryl methyl sites for hydroxylation is 2. The van der Waals surface area contributed by atoms with Crippen LogP contribution in [-0.4, -0.2) is 39.5 Å². The van der Waals surface area contributed by atoms with Crippen LogP contribution in [0.4, 0.5) is 5.69 Å². The summed E-state index contributed by atoms with van der Waals surface area (Å²) >= 11 is 0. The molecule has 2 heterocycles. The lowest BCUT2D eigenvalue weighted by Gasteiger charge is -2.04. The van der Waals surface area contributed by atoms with Crippen molar-refractivity contribution < 1.29 is 14.1 Å². The van der Waals surface area contributed by atoms with Crippen molar-refractivity contribution in [3.05, 3.63) is 71.4 Å². The molecule has 4 rings (SSSR count). The summed E-state index contributed by atoms with van der Waals surface area (Å²) in [6, 6.07) is 17.5. The van der Waals surface area contributed by atoms with E-state index in [2.05, 4.69) is 51.7 Å². The third kappa shape index (κ3) is 4.87. The Morgan fingerprint density at radius 2 is 1.84 bits per heavy atom. The highest BCUT2D eigenvalue weighted by atomic mass is 16.5. The summed E-state index contributed by atoms with van der Waals surface area (Å²) in [5.74, 6) is 0.599. The van der Waals surface area contributed by atoms with E-state index >= 15 is 0 Å². The average Bonchev–Trinajstić information content (AvgIpc) is 3.38. The van der Waals surface area contributed by atoms with E-state index < -0.39 is 0 Å². The van der Waals surface area contributed by atoms with E-state index in [1.54, 1.807) is 12.1 Å². The summed E-state index contributed by atoms with van der Waals surface area (Å²) in [5, 5.41) is 11.4. The van der Waals surface area contributed by atoms with Gasteiger partial charge in [0.1, 0.15) is 6.61 Å². The van der Waals surface area contributed by atoms with Crippen LogP contribution in [-0.2, 0) is 16.1 Å². The molecule has 0 saturated heterocycles. The van der Waals surface area contributed by atoms with Crippen molar-refractivity contribution in [1.82, 2.24) is 19.9 Å². The molecule has 0 bridgehead atoms. The summed E-state index contributed by atoms with van der Waals surface area (Å²) in [6.45, 7) is 4.74. The second-order valence-electron chi connectivity index (χ2n) is 7.30. The van der Waals surface area contributed by atoms with Crippen molar-refractivity contribution in [2.45, 2.75) is 20.4 Å². The highest BCUT2D eigenvalue weighted by molar-refractivity contribution is 5.91. The fourth-order valence-corrected chi connectivity index (χ4v) is 3.12. The summed E-state index contributed by atoms with van der Waals surface area (Å²) in [5.41, 5.74) is 5.48. The van der Waals surface area contributed by atoms with Crippen molar-refractivity contribution in [3.63, 3.8) is 0 Å². The lowest BCUT2D eigenvalue weighted by molar-refractivity contribution is -0.119. The molecule has 0 unspecified atom stereocenters. The van der Waals surface area contributed by atoms with Crippen LogP contribution in [0.25, 0.3) is 23.0 Å². The molecule has 8 nitrogen and oxygen atoms in total. The number of hydrogen-bond acceptors (Lipinski definition) is 6. The number of amides is 1. The first-order valence-corrected chi connectivity index (χ1v) is 9.85. The van der Waals surface area contributed by atoms with Crippen LogP contribution in [0.5, 0.6) is 0 Å². The molecule has 1 amide bonds. The monoisotopic (exact) mass is 417 g/mol. The second kappa shape index (κ2) is 8.93. The van der Waals surface area contributed by atoms with E-state index in [4.69, 9.17) is 9.26 Å². The summed E-state index contributed by atoms with van der Waals surface area (Å²) in [4.78, 5) is 16.1. The zero-order valence-corrected chi connectivity index (χ0v) is 17.6. The second-order valence-corrected chi connectivity index (χ2v) is 7.30. The maximum absolute atomic E-state index is 11.6. The highest BCUT2D eigenvalue weighted by Crippen LogP contribution is 2.23. The molecule has 0 fully saturated rings. The molecule has 2 aromatic heterocycles. The number of carbonyl (C=O) groups is 1. The van der Waals surface area contributed by atoms with E-state index in [0.717, 1.165) is 11.3 Å². The van der Waals surface area contributed by atoms with Gasteiger partial charge in [-0.2, -0.15) is 10.1 Å². The van der Waals surface area contributed by atoms with Crippen molar-refractivity contribution in [2.24, 2.45) is 0 Å². The summed E-state index contributed by atoms with van der Waals surface area (Å²) in [7, 11) is 1.48. The predicted octanol–water partition coefficient (Wildman–Crippen LogP) is 3.85. The predicted molar refractivity (Wildman–Crippen MR) is 116 cm³/mol. The summed E-state index contributed by atoms with van der Waals surface area (Å²) in [6.07, 6.45) is 0. The Balaban J connectivity index is 1.48. The Morgan fingerprint density at radius 3 is 2.55 bits per heavy atom. The third-order valence-corrected chi connectivity index (χ3v) is 4.78. The molecule has 158 valence electrons. The van der Waals surface area contributed by atoms with Crippen molar-refractivity contribution in [3.8, 4) is 23.0 Å². The van der Waals surface area contributed by atoms with Crippen molar-refractivity contribution >= 4 is 11.6 Å². The smallest absolute Gasteiger partial charge is 0.278 e. The molecule has 0 aliphatic rings. The Hall–Kier alpha value is -3.78. The molecule has 1 N–H and O–H groups in total. The van der Waals surface area contributed by atoms with Crippen LogP contribution in [0.15, 0.2) is 59.1 Å². The van der Waals surface area contributed by atoms with Crippen LogP contribution >= 0.6 is 0 Å². The average molecular weight is 417 g/mol. The molecule has 0 radical (unpaired) electrons. The van der Waals surface area contributed by atoms with E-state index in [9.17, 15) is 4.79 Å². The number of nitrogens with zero attached hydrogens (tertiary/aromatic N) is 4. The number of aromatic nitrogens is 4. The van der Waals surface area contributed by atoms with E-state index in [0.29, 0.717) is 29.6 Å². The zero-order chi connectivity index (χ0) is 21.8. The van der Waals surface area contributed by atoms with Gasteiger partial charge in [0.05, 0.1) is 6.54 Å². The first-order valence-electron chi connectivity index (χ1n) is 9.85. The Bertz CT molecular complexity index is 1180. The minimum atomic E-state index is -0.214. The number of benzene rings is 2. The van der Waals surface area contributed by atoms with E-state index in [1.807, 2.05) is 29.8 Å². The minimum absolute atomic E-state index is 0.00588. The molecular formula is C23H23N5O3. The highest BCUT2D eigenvalue weighted by Gasteiger charge is 2.15. The quantitative estimate of drug-likeness (QED) is 0.491. The van der Waals surface area contributed by atoms with Crippen LogP contribution in [0.1, 0.15) is 16.8 Å². The third-order valence-electron chi connectivity index (χ3n) is 4.78. The Kier molecular flexibility index (Phi) is 5.90. The lowest BCUT2D eigenvalue weighted by Crippen LogP contribution is -2.16. The van der Waals surface area contributed by atoms with E-state index in [1.165, 1.54) is 18.2 Å². The van der Waals surface area contributed by atoms with E-state index in [-0.39, 0.29) is 12.5 Å². The van der Waals surface area contributed by atoms with Gasteiger partial charge in [-0.15, -0.1) is 0 Å². The van der Waals surface area contributed by atoms with Gasteiger partial charge in [-0.25, -0.2) is 0 Å². The van der Waals surface area contributed by atoms with Crippen molar-refractivity contribution in [1.29, 1.82) is 0 Å². The number of rotatable bonds is 7. The Labute approximate surface area is 179 Å². The molecule has 0 spiro atoms. The molecule has 0 aliphatic heterocycles. The number of methoxy groups -OCH3 is 1. The van der Waals surface area contributed by atoms with Gasteiger partial charge < -0.3 is 14.6 Å². The van der Waals surface area contributed by atoms with Gasteiger partial charge in [0.25, 0.3) is 5.89 Å². The number of nitrogens with one attached hydrogen (secondary N) is 1. The minimum Gasteiger partial charge on any atom is -0.375 e. The largest absolute Gasteiger partial charge is 0.375 e. The summed E-state index contributed by atoms with van der Waals surface area (Å²) < 4.78 is 12.2. The molecule has 31 heavy (non-hydrogen) atoms. The molecule has 0 atom stereocenters. The van der Waals surface area contributed by atoms with Crippen LogP contribution in [0.3, 0.4) is 0 Å².